The van der Waals surface area contributed by atoms with Gasteiger partial charge in [-0.25, -0.2) is 0 Å². The van der Waals surface area contributed by atoms with Crippen molar-refractivity contribution in [1.82, 2.24) is 10.6 Å². The fraction of sp³-hybridized carbons (Fsp3) is 0.333. The second kappa shape index (κ2) is 6.73. The molecule has 2 aromatic carbocycles. The lowest BCUT2D eigenvalue weighted by Gasteiger charge is -2.24. The molecule has 0 spiro atoms. The molecule has 0 aromatic heterocycles. The summed E-state index contributed by atoms with van der Waals surface area (Å²) in [6.07, 6.45) is 1.12. The molecule has 0 bridgehead atoms. The quantitative estimate of drug-likeness (QED) is 0.865. The van der Waals surface area contributed by atoms with Crippen molar-refractivity contribution < 1.29 is 0 Å². The number of rotatable bonds is 3. The molecule has 1 aliphatic heterocycles. The SMILES string of the molecule is C[C@@H](NC1CCNCc2ccccc21)c1ccccc1Br. The first-order chi connectivity index (χ1) is 10.3. The molecule has 0 fully saturated rings. The molecule has 0 saturated heterocycles. The van der Waals surface area contributed by atoms with Gasteiger partial charge in [-0.3, -0.25) is 0 Å². The summed E-state index contributed by atoms with van der Waals surface area (Å²) in [5.74, 6) is 0. The average molecular weight is 345 g/mol. The third-order valence-corrected chi connectivity index (χ3v) is 4.90. The van der Waals surface area contributed by atoms with Gasteiger partial charge in [0.15, 0.2) is 0 Å². The van der Waals surface area contributed by atoms with Crippen molar-refractivity contribution in [1.29, 1.82) is 0 Å². The molecule has 0 amide bonds. The van der Waals surface area contributed by atoms with Crippen LogP contribution in [0.25, 0.3) is 0 Å². The van der Waals surface area contributed by atoms with E-state index in [0.717, 1.165) is 19.5 Å². The minimum atomic E-state index is 0.316. The molecule has 0 aliphatic carbocycles. The highest BCUT2D eigenvalue weighted by Gasteiger charge is 2.20. The third-order valence-electron chi connectivity index (χ3n) is 4.18. The number of fused-ring (bicyclic) bond motifs is 1. The van der Waals surface area contributed by atoms with Gasteiger partial charge >= 0.3 is 0 Å². The molecular formula is C18H21BrN2. The van der Waals surface area contributed by atoms with Gasteiger partial charge in [-0.05, 0) is 42.6 Å². The fourth-order valence-electron chi connectivity index (χ4n) is 3.05. The Kier molecular flexibility index (Phi) is 4.73. The van der Waals surface area contributed by atoms with Gasteiger partial charge < -0.3 is 10.6 Å². The number of hydrogen-bond donors (Lipinski definition) is 2. The van der Waals surface area contributed by atoms with Gasteiger partial charge in [0.2, 0.25) is 0 Å². The molecule has 0 saturated carbocycles. The van der Waals surface area contributed by atoms with Gasteiger partial charge in [-0.15, -0.1) is 0 Å². The zero-order chi connectivity index (χ0) is 14.7. The van der Waals surface area contributed by atoms with Crippen molar-refractivity contribution in [3.05, 3.63) is 69.7 Å². The highest BCUT2D eigenvalue weighted by Crippen LogP contribution is 2.29. The Hall–Kier alpha value is -1.16. The van der Waals surface area contributed by atoms with E-state index in [9.17, 15) is 0 Å². The smallest absolute Gasteiger partial charge is 0.0340 e. The van der Waals surface area contributed by atoms with Gasteiger partial charge in [0.1, 0.15) is 0 Å². The van der Waals surface area contributed by atoms with E-state index < -0.39 is 0 Å². The van der Waals surface area contributed by atoms with E-state index in [1.165, 1.54) is 21.2 Å². The molecule has 0 radical (unpaired) electrons. The summed E-state index contributed by atoms with van der Waals surface area (Å²) >= 11 is 3.66. The van der Waals surface area contributed by atoms with E-state index in [1.54, 1.807) is 0 Å². The first-order valence-electron chi connectivity index (χ1n) is 7.54. The lowest BCUT2D eigenvalue weighted by molar-refractivity contribution is 0.442. The monoisotopic (exact) mass is 344 g/mol. The molecule has 110 valence electrons. The molecule has 1 unspecified atom stereocenters. The summed E-state index contributed by atoms with van der Waals surface area (Å²) in [6, 6.07) is 17.9. The maximum absolute atomic E-state index is 3.80. The van der Waals surface area contributed by atoms with E-state index in [2.05, 4.69) is 82.0 Å². The first-order valence-corrected chi connectivity index (χ1v) is 8.34. The van der Waals surface area contributed by atoms with Crippen LogP contribution in [0.4, 0.5) is 0 Å². The van der Waals surface area contributed by atoms with Gasteiger partial charge in [0, 0.05) is 23.1 Å². The van der Waals surface area contributed by atoms with E-state index in [4.69, 9.17) is 0 Å². The predicted molar refractivity (Wildman–Crippen MR) is 91.2 cm³/mol. The Bertz CT molecular complexity index is 612. The third kappa shape index (κ3) is 3.37. The van der Waals surface area contributed by atoms with Crippen LogP contribution in [0.3, 0.4) is 0 Å². The number of benzene rings is 2. The topological polar surface area (TPSA) is 24.1 Å². The molecule has 1 heterocycles. The summed E-state index contributed by atoms with van der Waals surface area (Å²) in [4.78, 5) is 0. The van der Waals surface area contributed by atoms with Crippen LogP contribution in [0.2, 0.25) is 0 Å². The van der Waals surface area contributed by atoms with Crippen molar-refractivity contribution >= 4 is 15.9 Å². The number of halogens is 1. The highest BCUT2D eigenvalue weighted by atomic mass is 79.9. The van der Waals surface area contributed by atoms with Crippen molar-refractivity contribution in [2.24, 2.45) is 0 Å². The zero-order valence-corrected chi connectivity index (χ0v) is 13.9. The maximum atomic E-state index is 3.80. The lowest BCUT2D eigenvalue weighted by atomic mass is 9.97. The van der Waals surface area contributed by atoms with E-state index >= 15 is 0 Å². The Morgan fingerprint density at radius 3 is 2.76 bits per heavy atom. The maximum Gasteiger partial charge on any atom is 0.0340 e. The van der Waals surface area contributed by atoms with Crippen LogP contribution in [0.5, 0.6) is 0 Å². The minimum Gasteiger partial charge on any atom is -0.313 e. The van der Waals surface area contributed by atoms with Gasteiger partial charge in [0.25, 0.3) is 0 Å². The second-order valence-electron chi connectivity index (χ2n) is 5.63. The zero-order valence-electron chi connectivity index (χ0n) is 12.3. The molecule has 2 aromatic rings. The van der Waals surface area contributed by atoms with Gasteiger partial charge in [0.05, 0.1) is 0 Å². The average Bonchev–Trinajstić information content (AvgIpc) is 2.70. The van der Waals surface area contributed by atoms with Crippen LogP contribution in [-0.4, -0.2) is 6.54 Å². The molecule has 2 atom stereocenters. The van der Waals surface area contributed by atoms with E-state index in [1.807, 2.05) is 0 Å². The Morgan fingerprint density at radius 1 is 1.14 bits per heavy atom. The minimum absolute atomic E-state index is 0.316. The fourth-order valence-corrected chi connectivity index (χ4v) is 3.68. The van der Waals surface area contributed by atoms with Gasteiger partial charge in [-0.1, -0.05) is 58.4 Å². The van der Waals surface area contributed by atoms with Crippen molar-refractivity contribution in [3.63, 3.8) is 0 Å². The summed E-state index contributed by atoms with van der Waals surface area (Å²) in [6.45, 7) is 4.26. The van der Waals surface area contributed by atoms with Gasteiger partial charge in [-0.2, -0.15) is 0 Å². The van der Waals surface area contributed by atoms with Crippen molar-refractivity contribution in [2.75, 3.05) is 6.54 Å². The summed E-state index contributed by atoms with van der Waals surface area (Å²) < 4.78 is 1.17. The molecule has 21 heavy (non-hydrogen) atoms. The van der Waals surface area contributed by atoms with Crippen molar-refractivity contribution in [3.8, 4) is 0 Å². The van der Waals surface area contributed by atoms with E-state index in [-0.39, 0.29) is 0 Å². The standard InChI is InChI=1S/C18H21BrN2/c1-13(15-7-4-5-9-17(15)19)21-18-10-11-20-12-14-6-2-3-8-16(14)18/h2-9,13,18,20-21H,10-12H2,1H3/t13-,18?/m1/s1. The normalized spacial score (nSPS) is 19.6. The molecular weight excluding hydrogens is 324 g/mol. The van der Waals surface area contributed by atoms with Crippen LogP contribution >= 0.6 is 15.9 Å². The Balaban J connectivity index is 1.83. The van der Waals surface area contributed by atoms with Crippen LogP contribution in [-0.2, 0) is 6.54 Å². The number of hydrogen-bond acceptors (Lipinski definition) is 2. The molecule has 2 nitrogen and oxygen atoms in total. The van der Waals surface area contributed by atoms with Crippen LogP contribution in [0, 0.1) is 0 Å². The molecule has 3 heteroatoms. The van der Waals surface area contributed by atoms with Crippen molar-refractivity contribution in [2.45, 2.75) is 32.0 Å². The predicted octanol–water partition coefficient (Wildman–Crippen LogP) is 4.33. The molecule has 1 aliphatic rings. The summed E-state index contributed by atoms with van der Waals surface area (Å²) in [5, 5.41) is 7.31. The highest BCUT2D eigenvalue weighted by molar-refractivity contribution is 9.10. The Labute approximate surface area is 135 Å². The van der Waals surface area contributed by atoms with Crippen LogP contribution < -0.4 is 10.6 Å². The first kappa shape index (κ1) is 14.8. The second-order valence-corrected chi connectivity index (χ2v) is 6.48. The van der Waals surface area contributed by atoms with E-state index in [0.29, 0.717) is 12.1 Å². The Morgan fingerprint density at radius 2 is 1.90 bits per heavy atom. The summed E-state index contributed by atoms with van der Waals surface area (Å²) in [7, 11) is 0. The molecule has 2 N–H and O–H groups in total. The van der Waals surface area contributed by atoms with Crippen LogP contribution in [0.1, 0.15) is 42.1 Å². The largest absolute Gasteiger partial charge is 0.313 e. The lowest BCUT2D eigenvalue weighted by Crippen LogP contribution is -2.26. The number of nitrogens with one attached hydrogen (secondary N) is 2. The summed E-state index contributed by atoms with van der Waals surface area (Å²) in [5.41, 5.74) is 4.15. The van der Waals surface area contributed by atoms with Crippen LogP contribution in [0.15, 0.2) is 53.0 Å². The molecule has 3 rings (SSSR count).